The Kier molecular flexibility index (Phi) is 9.11. The third kappa shape index (κ3) is 5.94. The summed E-state index contributed by atoms with van der Waals surface area (Å²) in [6.45, 7) is 8.79. The van der Waals surface area contributed by atoms with E-state index in [1.807, 2.05) is 42.6 Å². The van der Waals surface area contributed by atoms with E-state index in [4.69, 9.17) is 10.2 Å². The Hall–Kier alpha value is -4.77. The SMILES string of the molecule is Cc1cccc(C)c1-c1nnc2c3[c-]c(Sc4[c-]c(N(c5ccccc5)c5ccccn5)ccc4)ccc3c3c(C(C)C)cccc3n12.[Pt+2]. The number of fused-ring (bicyclic) bond motifs is 6. The van der Waals surface area contributed by atoms with Crippen LogP contribution in [0.5, 0.6) is 0 Å². The minimum atomic E-state index is 0. The molecule has 0 radical (unpaired) electrons. The molecule has 0 aliphatic heterocycles. The molecule has 0 atom stereocenters. The molecule has 0 aliphatic rings. The van der Waals surface area contributed by atoms with E-state index in [0.717, 1.165) is 60.3 Å². The van der Waals surface area contributed by atoms with Gasteiger partial charge in [0.25, 0.3) is 0 Å². The third-order valence-corrected chi connectivity index (χ3v) is 9.74. The summed E-state index contributed by atoms with van der Waals surface area (Å²) in [4.78, 5) is 8.76. The van der Waals surface area contributed by atoms with E-state index in [1.165, 1.54) is 22.1 Å². The van der Waals surface area contributed by atoms with E-state index >= 15 is 0 Å². The number of rotatable bonds is 7. The van der Waals surface area contributed by atoms with Crippen LogP contribution in [0, 0.1) is 26.0 Å². The molecule has 242 valence electrons. The monoisotopic (exact) mass is 834 g/mol. The van der Waals surface area contributed by atoms with Gasteiger partial charge in [0.1, 0.15) is 5.82 Å². The molecule has 0 amide bonds. The minimum absolute atomic E-state index is 0. The summed E-state index contributed by atoms with van der Waals surface area (Å²) in [7, 11) is 0. The van der Waals surface area contributed by atoms with Crippen LogP contribution < -0.4 is 4.90 Å². The molecule has 5 aromatic carbocycles. The Balaban J connectivity index is 0.00000378. The zero-order valence-corrected chi connectivity index (χ0v) is 30.7. The van der Waals surface area contributed by atoms with E-state index in [2.05, 4.69) is 133 Å². The quantitative estimate of drug-likeness (QED) is 0.118. The van der Waals surface area contributed by atoms with Crippen molar-refractivity contribution in [1.82, 2.24) is 19.6 Å². The first-order valence-electron chi connectivity index (χ1n) is 16.2. The minimum Gasteiger partial charge on any atom is -0.319 e. The molecule has 0 bridgehead atoms. The number of aromatic nitrogens is 4. The van der Waals surface area contributed by atoms with Gasteiger partial charge in [-0.15, -0.1) is 52.1 Å². The Morgan fingerprint density at radius 2 is 1.45 bits per heavy atom. The normalized spacial score (nSPS) is 11.4. The van der Waals surface area contributed by atoms with Crippen molar-refractivity contribution in [2.24, 2.45) is 0 Å². The fourth-order valence-corrected chi connectivity index (χ4v) is 7.47. The summed E-state index contributed by atoms with van der Waals surface area (Å²) < 4.78 is 2.24. The first-order chi connectivity index (χ1) is 23.5. The molecule has 0 unspecified atom stereocenters. The maximum absolute atomic E-state index is 4.83. The van der Waals surface area contributed by atoms with E-state index in [-0.39, 0.29) is 21.1 Å². The van der Waals surface area contributed by atoms with Gasteiger partial charge in [0, 0.05) is 23.0 Å². The van der Waals surface area contributed by atoms with Crippen LogP contribution in [0.4, 0.5) is 17.2 Å². The first kappa shape index (κ1) is 32.8. The summed E-state index contributed by atoms with van der Waals surface area (Å²) in [5, 5.41) is 13.0. The second kappa shape index (κ2) is 13.6. The van der Waals surface area contributed by atoms with Gasteiger partial charge in [0.2, 0.25) is 0 Å². The fraction of sp³-hybridized carbons (Fsp3) is 0.119. The maximum atomic E-state index is 4.83. The van der Waals surface area contributed by atoms with Crippen LogP contribution in [0.2, 0.25) is 0 Å². The van der Waals surface area contributed by atoms with Gasteiger partial charge in [-0.1, -0.05) is 89.8 Å². The van der Waals surface area contributed by atoms with Crippen molar-refractivity contribution in [2.75, 3.05) is 4.90 Å². The maximum Gasteiger partial charge on any atom is 2.00 e. The topological polar surface area (TPSA) is 46.3 Å². The Labute approximate surface area is 305 Å². The van der Waals surface area contributed by atoms with Gasteiger partial charge in [0.15, 0.2) is 5.82 Å². The Morgan fingerprint density at radius 3 is 2.20 bits per heavy atom. The molecule has 0 saturated carbocycles. The van der Waals surface area contributed by atoms with Crippen LogP contribution in [0.3, 0.4) is 0 Å². The number of nitrogens with zero attached hydrogens (tertiary/aromatic N) is 5. The number of anilines is 3. The number of para-hydroxylation sites is 1. The molecule has 0 aliphatic carbocycles. The summed E-state index contributed by atoms with van der Waals surface area (Å²) in [5.41, 5.74) is 8.62. The molecule has 3 aromatic heterocycles. The number of hydrogen-bond donors (Lipinski definition) is 0. The van der Waals surface area contributed by atoms with Crippen molar-refractivity contribution in [2.45, 2.75) is 43.4 Å². The van der Waals surface area contributed by atoms with Crippen LogP contribution in [0.25, 0.3) is 38.7 Å². The Morgan fingerprint density at radius 1 is 0.714 bits per heavy atom. The Bertz CT molecular complexity index is 2380. The molecule has 0 spiro atoms. The average Bonchev–Trinajstić information content (AvgIpc) is 3.54. The van der Waals surface area contributed by atoms with Crippen molar-refractivity contribution in [3.8, 4) is 11.4 Å². The van der Waals surface area contributed by atoms with Gasteiger partial charge >= 0.3 is 21.1 Å². The zero-order valence-electron chi connectivity index (χ0n) is 27.6. The molecule has 0 N–H and O–H groups in total. The van der Waals surface area contributed by atoms with Crippen molar-refractivity contribution in [3.05, 3.63) is 150 Å². The third-order valence-electron chi connectivity index (χ3n) is 8.82. The van der Waals surface area contributed by atoms with Gasteiger partial charge in [-0.05, 0) is 72.2 Å². The largest absolute Gasteiger partial charge is 2.00 e. The van der Waals surface area contributed by atoms with Crippen molar-refractivity contribution in [1.29, 1.82) is 0 Å². The van der Waals surface area contributed by atoms with E-state index < -0.39 is 0 Å². The molecular weight excluding hydrogens is 802 g/mol. The second-order valence-corrected chi connectivity index (χ2v) is 13.4. The second-order valence-electron chi connectivity index (χ2n) is 12.3. The predicted octanol–water partition coefficient (Wildman–Crippen LogP) is 11.1. The van der Waals surface area contributed by atoms with E-state index in [1.54, 1.807) is 11.8 Å². The molecule has 7 heteroatoms. The van der Waals surface area contributed by atoms with Crippen LogP contribution >= 0.6 is 11.8 Å². The number of aryl methyl sites for hydroxylation is 2. The van der Waals surface area contributed by atoms with Gasteiger partial charge in [-0.3, -0.25) is 0 Å². The molecule has 49 heavy (non-hydrogen) atoms. The van der Waals surface area contributed by atoms with Crippen molar-refractivity contribution >= 4 is 56.3 Å². The van der Waals surface area contributed by atoms with Gasteiger partial charge in [0.05, 0.1) is 5.65 Å². The summed E-state index contributed by atoms with van der Waals surface area (Å²) in [6.07, 6.45) is 1.82. The molecule has 8 rings (SSSR count). The smallest absolute Gasteiger partial charge is 0.319 e. The van der Waals surface area contributed by atoms with Crippen LogP contribution in [-0.2, 0) is 21.1 Å². The zero-order chi connectivity index (χ0) is 32.8. The predicted molar refractivity (Wildman–Crippen MR) is 198 cm³/mol. The van der Waals surface area contributed by atoms with Crippen LogP contribution in [-0.4, -0.2) is 19.6 Å². The van der Waals surface area contributed by atoms with Gasteiger partial charge in [-0.25, -0.2) is 4.98 Å². The number of hydrogen-bond acceptors (Lipinski definition) is 5. The summed E-state index contributed by atoms with van der Waals surface area (Å²) >= 11 is 1.64. The first-order valence-corrected chi connectivity index (χ1v) is 17.0. The number of benzene rings is 5. The summed E-state index contributed by atoms with van der Waals surface area (Å²) in [6, 6.07) is 47.3. The van der Waals surface area contributed by atoms with Crippen LogP contribution in [0.1, 0.15) is 36.5 Å². The molecule has 3 heterocycles. The van der Waals surface area contributed by atoms with E-state index in [0.29, 0.717) is 5.92 Å². The summed E-state index contributed by atoms with van der Waals surface area (Å²) in [5.74, 6) is 2.03. The molecule has 8 aromatic rings. The van der Waals surface area contributed by atoms with Gasteiger partial charge in [-0.2, -0.15) is 17.2 Å². The molecule has 0 saturated heterocycles. The van der Waals surface area contributed by atoms with Crippen molar-refractivity contribution < 1.29 is 21.1 Å². The number of pyridine rings is 2. The molecule has 0 fully saturated rings. The average molecular weight is 835 g/mol. The fourth-order valence-electron chi connectivity index (χ4n) is 6.64. The van der Waals surface area contributed by atoms with Crippen LogP contribution in [0.15, 0.2) is 131 Å². The van der Waals surface area contributed by atoms with E-state index in [9.17, 15) is 0 Å². The molecular formula is C42H33N5PtS. The van der Waals surface area contributed by atoms with Crippen molar-refractivity contribution in [3.63, 3.8) is 0 Å². The molecule has 5 nitrogen and oxygen atoms in total. The standard InChI is InChI=1S/C42H33N5S.Pt/c1-27(2)34-19-12-20-37-40(34)35-23-22-33(26-36(35)41-44-45-42(47(37)41)39-28(3)13-10-14-29(39)4)48-32-18-11-17-31(25-32)46(30-15-6-5-7-16-30)38-21-8-9-24-43-38;/h5-24,27H,1-4H3;/q-2;+2. The van der Waals surface area contributed by atoms with Gasteiger partial charge < -0.3 is 9.30 Å².